The molecule has 50 atom stereocenters. The first kappa shape index (κ1) is 117. The predicted octanol–water partition coefficient (Wildman–Crippen LogP) is -5.92. The molecular weight excluding hydrogens is 1930 g/mol. The molecule has 0 bridgehead atoms. The summed E-state index contributed by atoms with van der Waals surface area (Å²) in [5, 5.41) is 272. The molecule has 0 spiro atoms. The second-order valence-electron chi connectivity index (χ2n) is 44.1. The van der Waals surface area contributed by atoms with E-state index in [0.717, 1.165) is 0 Å². The molecule has 8 saturated heterocycles. The van der Waals surface area contributed by atoms with Gasteiger partial charge in [-0.1, -0.05) is 84.4 Å². The molecule has 13 aliphatic rings. The molecule has 4 saturated carbocycles. The molecule has 145 heavy (non-hydrogen) atoms. The van der Waals surface area contributed by atoms with Gasteiger partial charge in [0.05, 0.1) is 99.1 Å². The van der Waals surface area contributed by atoms with Gasteiger partial charge in [-0.05, 0) is 145 Å². The summed E-state index contributed by atoms with van der Waals surface area (Å²) in [5.41, 5.74) is -9.16. The Balaban J connectivity index is 0.788. The molecule has 47 nitrogen and oxygen atoms in total. The lowest BCUT2D eigenvalue weighted by Crippen LogP contribution is -2.70. The zero-order valence-corrected chi connectivity index (χ0v) is 83.9. The third-order valence-corrected chi connectivity index (χ3v) is 34.0. The van der Waals surface area contributed by atoms with E-state index in [1.54, 1.807) is 20.8 Å². The van der Waals surface area contributed by atoms with Gasteiger partial charge in [0.25, 0.3) is 0 Å². The molecular formula is C98H155NO46. The van der Waals surface area contributed by atoms with Crippen molar-refractivity contribution in [2.45, 2.75) is 430 Å². The van der Waals surface area contributed by atoms with Crippen LogP contribution in [0, 0.1) is 50.2 Å². The molecule has 5 aliphatic carbocycles. The highest BCUT2D eigenvalue weighted by Gasteiger charge is 2.74. The van der Waals surface area contributed by atoms with Crippen LogP contribution in [0.4, 0.5) is 0 Å². The molecule has 8 aliphatic heterocycles. The Labute approximate surface area is 839 Å². The normalized spacial score (nSPS) is 47.7. The van der Waals surface area contributed by atoms with Gasteiger partial charge in [-0.2, -0.15) is 0 Å². The van der Waals surface area contributed by atoms with Crippen molar-refractivity contribution in [2.24, 2.45) is 50.2 Å². The standard InChI is InChI=1S/C98H155NO46/c1-16-93(11,127)26-18-20-45(34-101)81(125)139-75-41(4)132-87(73(122)69(75)118)145-94(12,17-2)27-19-21-44(33-100)80(124)137-57-32-98(90(126)144-89-79(68(117)62(111)50(36-103)135-89)143-86-74(123)77(141-85-72(121)66(115)61(110)49(35-102)133-85)76(42(5)131-86)140-84-71(120)63(112)51(37-104)134-84)47(30-91(57,7)8)46-22-23-54-95(13)28-25-56(92(9,10)53(95)24-29-96(54,14)97(46,15)31-55(98)107)138-82-58(99-43(6)105)65(114)64(113)52(136-82)39-129-88-78(67(116)59(108)40(3)130-88)142-83-70(119)60(109)48(106)38-128-83/h16-17,20-22,40-42,47-79,82-89,100-104,106-123,127H,1-2,18-19,23-39H2,3-15H3,(H,99,105)/b44-21-,45-20-. The maximum absolute atomic E-state index is 16.9. The van der Waals surface area contributed by atoms with E-state index in [0.29, 0.717) is 37.7 Å². The fourth-order valence-electron chi connectivity index (χ4n) is 24.7. The average Bonchev–Trinajstić information content (AvgIpc) is 1.07. The summed E-state index contributed by atoms with van der Waals surface area (Å²) >= 11 is 0. The van der Waals surface area contributed by atoms with Gasteiger partial charge in [0.2, 0.25) is 12.2 Å². The molecule has 1 amide bonds. The second-order valence-corrected chi connectivity index (χ2v) is 44.1. The monoisotopic (exact) mass is 2080 g/mol. The summed E-state index contributed by atoms with van der Waals surface area (Å²) < 4.78 is 110. The zero-order chi connectivity index (χ0) is 107. The van der Waals surface area contributed by atoms with Crippen molar-refractivity contribution in [1.82, 2.24) is 5.32 Å². The van der Waals surface area contributed by atoms with E-state index >= 15 is 9.59 Å². The quantitative estimate of drug-likeness (QED) is 0.00924. The predicted molar refractivity (Wildman–Crippen MR) is 490 cm³/mol. The van der Waals surface area contributed by atoms with Crippen LogP contribution in [0.1, 0.15) is 167 Å². The minimum atomic E-state index is -2.30. The summed E-state index contributed by atoms with van der Waals surface area (Å²) in [6.45, 7) is 24.5. The van der Waals surface area contributed by atoms with Crippen LogP contribution in [0.15, 0.2) is 60.3 Å². The van der Waals surface area contributed by atoms with E-state index in [1.165, 1.54) is 58.9 Å². The van der Waals surface area contributed by atoms with Crippen molar-refractivity contribution >= 4 is 23.8 Å². The fraction of sp³-hybridized carbons (Fsp3) is 0.857. The molecule has 828 valence electrons. The smallest absolute Gasteiger partial charge is 0.336 e. The number of fused-ring (bicyclic) bond motifs is 7. The van der Waals surface area contributed by atoms with Gasteiger partial charge >= 0.3 is 17.9 Å². The molecule has 12 fully saturated rings. The first-order valence-electron chi connectivity index (χ1n) is 50.0. The molecule has 0 radical (unpaired) electrons. The Morgan fingerprint density at radius 1 is 0.476 bits per heavy atom. The SMILES string of the molecule is C=CC(C)(O)CC/C=C(/CO)C(=O)OC1C(C)OC(OC(C)(C=C)CC/C=C(/CO)C(=O)OC2CC3(C(=O)OC4OC(CO)C(O)C(O)C4OC4OC(C)C(OC5OC(CO)C(O)C5O)C(OC5OC(CO)C(O)C(O)C5O)C4O)C(O)CC4(C)C(=CCC5C6(C)CCC(OC7OC(COC8OC(C)C(O)C(O)C8OC8OCC(O)C(O)C8O)C(O)C(O)C7NC(C)=O)C(C)(C)C6CCC54C)C3CC2(C)C)C(O)C1O. The van der Waals surface area contributed by atoms with Crippen molar-refractivity contribution in [3.8, 4) is 0 Å². The van der Waals surface area contributed by atoms with E-state index in [4.69, 9.17) is 85.3 Å². The minimum Gasteiger partial charge on any atom is -0.458 e. The van der Waals surface area contributed by atoms with Gasteiger partial charge in [-0.3, -0.25) is 9.59 Å². The number of nitrogens with one attached hydrogen (secondary N) is 1. The van der Waals surface area contributed by atoms with Gasteiger partial charge in [-0.25, -0.2) is 9.59 Å². The fourth-order valence-corrected chi connectivity index (χ4v) is 24.7. The Morgan fingerprint density at radius 3 is 1.59 bits per heavy atom. The number of carbonyl (C=O) groups is 4. The van der Waals surface area contributed by atoms with Crippen LogP contribution < -0.4 is 5.32 Å². The van der Waals surface area contributed by atoms with Crippen molar-refractivity contribution in [3.05, 3.63) is 60.3 Å². The Morgan fingerprint density at radius 2 is 0.979 bits per heavy atom. The highest BCUT2D eigenvalue weighted by molar-refractivity contribution is 5.89. The van der Waals surface area contributed by atoms with Gasteiger partial charge in [-0.15, -0.1) is 13.2 Å². The Hall–Kier alpha value is -4.98. The summed E-state index contributed by atoms with van der Waals surface area (Å²) in [6.07, 6.45) is -60.6. The number of amides is 1. The lowest BCUT2D eigenvalue weighted by atomic mass is 9.33. The van der Waals surface area contributed by atoms with E-state index in [-0.39, 0.29) is 61.5 Å². The molecule has 47 heteroatoms. The van der Waals surface area contributed by atoms with Crippen LogP contribution in [-0.2, 0) is 104 Å². The van der Waals surface area contributed by atoms with Gasteiger partial charge < -0.3 is 213 Å². The number of rotatable bonds is 35. The van der Waals surface area contributed by atoms with Crippen LogP contribution in [-0.4, -0.2) is 456 Å². The third-order valence-electron chi connectivity index (χ3n) is 34.0. The minimum absolute atomic E-state index is 0.0571. The highest BCUT2D eigenvalue weighted by Crippen LogP contribution is 2.76. The first-order chi connectivity index (χ1) is 68.0. The number of hydrogen-bond donors (Lipinski definition) is 25. The summed E-state index contributed by atoms with van der Waals surface area (Å²) in [6, 6.07) is -1.38. The number of allylic oxidation sites excluding steroid dienone is 4. The summed E-state index contributed by atoms with van der Waals surface area (Å²) in [7, 11) is 0. The number of carbonyl (C=O) groups excluding carboxylic acids is 4. The number of aliphatic hydroxyl groups is 24. The van der Waals surface area contributed by atoms with Gasteiger partial charge in [0, 0.05) is 18.8 Å². The van der Waals surface area contributed by atoms with Crippen LogP contribution in [0.2, 0.25) is 0 Å². The largest absolute Gasteiger partial charge is 0.458 e. The van der Waals surface area contributed by atoms with Crippen molar-refractivity contribution < 1.29 is 227 Å². The molecule has 0 aromatic carbocycles. The summed E-state index contributed by atoms with van der Waals surface area (Å²) in [4.78, 5) is 58.4. The Bertz CT molecular complexity index is 4490. The van der Waals surface area contributed by atoms with Crippen molar-refractivity contribution in [2.75, 3.05) is 46.2 Å². The molecule has 0 aromatic rings. The lowest BCUT2D eigenvalue weighted by molar-refractivity contribution is -0.390. The summed E-state index contributed by atoms with van der Waals surface area (Å²) in [5.74, 6) is -5.48. The topological polar surface area (TPSA) is 732 Å². The Kier molecular flexibility index (Phi) is 37.4. The number of hydrogen-bond acceptors (Lipinski definition) is 46. The van der Waals surface area contributed by atoms with Crippen LogP contribution >= 0.6 is 0 Å². The second kappa shape index (κ2) is 46.4. The van der Waals surface area contributed by atoms with E-state index in [1.807, 2.05) is 20.8 Å². The molecule has 50 unspecified atom stereocenters. The molecule has 0 aromatic heterocycles. The van der Waals surface area contributed by atoms with E-state index < -0.39 is 378 Å². The van der Waals surface area contributed by atoms with Gasteiger partial charge in [0.1, 0.15) is 164 Å². The third kappa shape index (κ3) is 23.0. The molecule has 25 N–H and O–H groups in total. The molecule has 8 heterocycles. The van der Waals surface area contributed by atoms with Crippen LogP contribution in [0.5, 0.6) is 0 Å². The van der Waals surface area contributed by atoms with Crippen LogP contribution in [0.25, 0.3) is 0 Å². The van der Waals surface area contributed by atoms with Crippen molar-refractivity contribution in [3.63, 3.8) is 0 Å². The van der Waals surface area contributed by atoms with E-state index in [9.17, 15) is 132 Å². The zero-order valence-electron chi connectivity index (χ0n) is 83.9. The van der Waals surface area contributed by atoms with Crippen molar-refractivity contribution in [1.29, 1.82) is 0 Å². The van der Waals surface area contributed by atoms with Gasteiger partial charge in [0.15, 0.2) is 56.2 Å². The maximum atomic E-state index is 16.9. The average molecular weight is 2080 g/mol. The van der Waals surface area contributed by atoms with E-state index in [2.05, 4.69) is 38.4 Å². The number of esters is 3. The lowest BCUT2D eigenvalue weighted by Gasteiger charge is -2.72. The number of ether oxygens (including phenoxy) is 18. The number of aliphatic hydroxyl groups excluding tert-OH is 23. The maximum Gasteiger partial charge on any atom is 0.336 e. The first-order valence-corrected chi connectivity index (χ1v) is 50.0. The van der Waals surface area contributed by atoms with Crippen LogP contribution in [0.3, 0.4) is 0 Å². The highest BCUT2D eigenvalue weighted by atomic mass is 16.8. The molecule has 13 rings (SSSR count).